The lowest BCUT2D eigenvalue weighted by atomic mass is 10.2. The summed E-state index contributed by atoms with van der Waals surface area (Å²) in [6.07, 6.45) is 1.55. The predicted octanol–water partition coefficient (Wildman–Crippen LogP) is 2.75. The molecule has 0 aliphatic rings. The Kier molecular flexibility index (Phi) is 5.86. The fourth-order valence-electron chi connectivity index (χ4n) is 2.59. The van der Waals surface area contributed by atoms with Crippen LogP contribution in [0.3, 0.4) is 0 Å². The molecule has 3 rings (SSSR count). The Morgan fingerprint density at radius 3 is 2.36 bits per heavy atom. The van der Waals surface area contributed by atoms with Gasteiger partial charge in [0.15, 0.2) is 0 Å². The molecule has 7 heteroatoms. The van der Waals surface area contributed by atoms with Crippen LogP contribution in [0.1, 0.15) is 10.4 Å². The summed E-state index contributed by atoms with van der Waals surface area (Å²) in [4.78, 5) is 36.2. The standard InChI is InChI=1S/C21H19N3O4/c1-28-18-7-3-2-6-17(18)23-21(27)15-9-11-16(12-10-15)22-19(25)14-24-13-5-4-8-20(24)26/h2-13H,14H2,1H3,(H,22,25)(H,23,27). The average molecular weight is 377 g/mol. The molecule has 0 fully saturated rings. The highest BCUT2D eigenvalue weighted by Crippen LogP contribution is 2.23. The van der Waals surface area contributed by atoms with E-state index in [2.05, 4.69) is 10.6 Å². The second-order valence-corrected chi connectivity index (χ2v) is 5.95. The van der Waals surface area contributed by atoms with Gasteiger partial charge < -0.3 is 19.9 Å². The van der Waals surface area contributed by atoms with Gasteiger partial charge in [0.1, 0.15) is 12.3 Å². The molecule has 28 heavy (non-hydrogen) atoms. The molecule has 0 bridgehead atoms. The van der Waals surface area contributed by atoms with Crippen LogP contribution in [0.15, 0.2) is 77.7 Å². The van der Waals surface area contributed by atoms with E-state index in [9.17, 15) is 14.4 Å². The molecule has 1 heterocycles. The van der Waals surface area contributed by atoms with Crippen molar-refractivity contribution in [2.75, 3.05) is 17.7 Å². The summed E-state index contributed by atoms with van der Waals surface area (Å²) in [6.45, 7) is -0.0876. The van der Waals surface area contributed by atoms with E-state index in [1.807, 2.05) is 6.07 Å². The molecule has 7 nitrogen and oxygen atoms in total. The minimum Gasteiger partial charge on any atom is -0.495 e. The average Bonchev–Trinajstić information content (AvgIpc) is 2.70. The Balaban J connectivity index is 1.63. The van der Waals surface area contributed by atoms with Crippen LogP contribution in [-0.4, -0.2) is 23.5 Å². The molecule has 0 saturated heterocycles. The van der Waals surface area contributed by atoms with Gasteiger partial charge in [0.05, 0.1) is 12.8 Å². The molecule has 2 amide bonds. The second kappa shape index (κ2) is 8.68. The number of amides is 2. The Morgan fingerprint density at radius 2 is 1.64 bits per heavy atom. The van der Waals surface area contributed by atoms with Crippen LogP contribution in [0.5, 0.6) is 5.75 Å². The van der Waals surface area contributed by atoms with Gasteiger partial charge in [0.25, 0.3) is 11.5 Å². The van der Waals surface area contributed by atoms with Gasteiger partial charge >= 0.3 is 0 Å². The van der Waals surface area contributed by atoms with Gasteiger partial charge in [0, 0.05) is 23.5 Å². The van der Waals surface area contributed by atoms with Crippen LogP contribution < -0.4 is 20.9 Å². The Labute approximate surface area is 161 Å². The number of rotatable bonds is 6. The maximum atomic E-state index is 12.4. The van der Waals surface area contributed by atoms with Gasteiger partial charge in [-0.1, -0.05) is 18.2 Å². The number of carbonyl (C=O) groups excluding carboxylic acids is 2. The van der Waals surface area contributed by atoms with Crippen LogP contribution in [0, 0.1) is 0 Å². The van der Waals surface area contributed by atoms with Crippen molar-refractivity contribution in [3.8, 4) is 5.75 Å². The summed E-state index contributed by atoms with van der Waals surface area (Å²) in [5.74, 6) is -0.0615. The first-order chi connectivity index (χ1) is 13.6. The molecule has 2 aromatic carbocycles. The molecule has 0 aliphatic carbocycles. The summed E-state index contributed by atoms with van der Waals surface area (Å²) in [5, 5.41) is 5.49. The highest BCUT2D eigenvalue weighted by molar-refractivity contribution is 6.05. The Hall–Kier alpha value is -3.87. The largest absolute Gasteiger partial charge is 0.495 e. The van der Waals surface area contributed by atoms with Crippen LogP contribution in [0.25, 0.3) is 0 Å². The molecule has 1 aromatic heterocycles. The van der Waals surface area contributed by atoms with Gasteiger partial charge in [-0.15, -0.1) is 0 Å². The number of pyridine rings is 1. The summed E-state index contributed by atoms with van der Waals surface area (Å²) in [6, 6.07) is 18.3. The van der Waals surface area contributed by atoms with Crippen molar-refractivity contribution in [3.63, 3.8) is 0 Å². The van der Waals surface area contributed by atoms with Crippen LogP contribution in [0.2, 0.25) is 0 Å². The highest BCUT2D eigenvalue weighted by Gasteiger charge is 2.10. The zero-order valence-electron chi connectivity index (χ0n) is 15.2. The third-order valence-electron chi connectivity index (χ3n) is 4.00. The lowest BCUT2D eigenvalue weighted by Gasteiger charge is -2.10. The van der Waals surface area contributed by atoms with Gasteiger partial charge in [-0.25, -0.2) is 0 Å². The quantitative estimate of drug-likeness (QED) is 0.691. The molecule has 0 saturated carbocycles. The number of ether oxygens (including phenoxy) is 1. The summed E-state index contributed by atoms with van der Waals surface area (Å²) < 4.78 is 6.53. The van der Waals surface area contributed by atoms with Crippen molar-refractivity contribution >= 4 is 23.2 Å². The summed E-state index contributed by atoms with van der Waals surface area (Å²) in [5.41, 5.74) is 1.28. The molecule has 0 atom stereocenters. The summed E-state index contributed by atoms with van der Waals surface area (Å²) >= 11 is 0. The van der Waals surface area contributed by atoms with Crippen molar-refractivity contribution in [1.29, 1.82) is 0 Å². The Bertz CT molecular complexity index is 1040. The number of nitrogens with one attached hydrogen (secondary N) is 2. The first kappa shape index (κ1) is 18.9. The molecule has 0 aliphatic heterocycles. The number of hydrogen-bond acceptors (Lipinski definition) is 4. The minimum absolute atomic E-state index is 0.0876. The monoisotopic (exact) mass is 377 g/mol. The number of nitrogens with zero attached hydrogens (tertiary/aromatic N) is 1. The Morgan fingerprint density at radius 1 is 0.929 bits per heavy atom. The van der Waals surface area contributed by atoms with E-state index in [1.165, 1.54) is 17.7 Å². The zero-order chi connectivity index (χ0) is 19.9. The van der Waals surface area contributed by atoms with E-state index >= 15 is 0 Å². The van der Waals surface area contributed by atoms with Crippen molar-refractivity contribution in [2.45, 2.75) is 6.54 Å². The number of para-hydroxylation sites is 2. The number of anilines is 2. The van der Waals surface area contributed by atoms with E-state index in [1.54, 1.807) is 60.8 Å². The third-order valence-corrected chi connectivity index (χ3v) is 4.00. The molecule has 2 N–H and O–H groups in total. The number of hydrogen-bond donors (Lipinski definition) is 2. The first-order valence-electron chi connectivity index (χ1n) is 8.56. The number of methoxy groups -OCH3 is 1. The van der Waals surface area contributed by atoms with E-state index in [-0.39, 0.29) is 23.9 Å². The minimum atomic E-state index is -0.334. The van der Waals surface area contributed by atoms with Crippen LogP contribution in [-0.2, 0) is 11.3 Å². The zero-order valence-corrected chi connectivity index (χ0v) is 15.2. The van der Waals surface area contributed by atoms with Crippen molar-refractivity contribution in [1.82, 2.24) is 4.57 Å². The smallest absolute Gasteiger partial charge is 0.255 e. The van der Waals surface area contributed by atoms with E-state index in [0.29, 0.717) is 22.7 Å². The predicted molar refractivity (Wildman–Crippen MR) is 107 cm³/mol. The number of benzene rings is 2. The first-order valence-corrected chi connectivity index (χ1v) is 8.56. The van der Waals surface area contributed by atoms with E-state index in [4.69, 9.17) is 4.74 Å². The van der Waals surface area contributed by atoms with Crippen LogP contribution in [0.4, 0.5) is 11.4 Å². The molecule has 0 radical (unpaired) electrons. The van der Waals surface area contributed by atoms with Crippen molar-refractivity contribution < 1.29 is 14.3 Å². The van der Waals surface area contributed by atoms with Gasteiger partial charge in [-0.2, -0.15) is 0 Å². The lowest BCUT2D eigenvalue weighted by Crippen LogP contribution is -2.26. The van der Waals surface area contributed by atoms with Gasteiger partial charge in [-0.05, 0) is 42.5 Å². The molecular weight excluding hydrogens is 358 g/mol. The molecular formula is C21H19N3O4. The summed E-state index contributed by atoms with van der Waals surface area (Å²) in [7, 11) is 1.53. The molecule has 0 unspecified atom stereocenters. The second-order valence-electron chi connectivity index (χ2n) is 5.95. The SMILES string of the molecule is COc1ccccc1NC(=O)c1ccc(NC(=O)Cn2ccccc2=O)cc1. The molecule has 3 aromatic rings. The van der Waals surface area contributed by atoms with Crippen molar-refractivity contribution in [2.24, 2.45) is 0 Å². The van der Waals surface area contributed by atoms with E-state index < -0.39 is 0 Å². The van der Waals surface area contributed by atoms with Crippen LogP contribution >= 0.6 is 0 Å². The van der Waals surface area contributed by atoms with Gasteiger partial charge in [0.2, 0.25) is 5.91 Å². The highest BCUT2D eigenvalue weighted by atomic mass is 16.5. The number of aromatic nitrogens is 1. The third kappa shape index (κ3) is 4.64. The fourth-order valence-corrected chi connectivity index (χ4v) is 2.59. The normalized spacial score (nSPS) is 10.2. The number of carbonyl (C=O) groups is 2. The maximum absolute atomic E-state index is 12.4. The fraction of sp³-hybridized carbons (Fsp3) is 0.0952. The van der Waals surface area contributed by atoms with Crippen molar-refractivity contribution in [3.05, 3.63) is 88.8 Å². The molecule has 142 valence electrons. The molecule has 0 spiro atoms. The topological polar surface area (TPSA) is 89.4 Å². The lowest BCUT2D eigenvalue weighted by molar-refractivity contribution is -0.116. The van der Waals surface area contributed by atoms with Gasteiger partial charge in [-0.3, -0.25) is 14.4 Å². The maximum Gasteiger partial charge on any atom is 0.255 e. The van der Waals surface area contributed by atoms with E-state index in [0.717, 1.165) is 0 Å².